The van der Waals surface area contributed by atoms with Gasteiger partial charge in [-0.25, -0.2) is 0 Å². The zero-order valence-electron chi connectivity index (χ0n) is 12.2. The van der Waals surface area contributed by atoms with Crippen LogP contribution in [0, 0.1) is 0 Å². The number of rotatable bonds is 8. The lowest BCUT2D eigenvalue weighted by Crippen LogP contribution is -2.17. The number of aliphatic hydroxyl groups is 1. The van der Waals surface area contributed by atoms with Crippen molar-refractivity contribution in [3.63, 3.8) is 0 Å². The Balaban J connectivity index is 2.57. The van der Waals surface area contributed by atoms with Gasteiger partial charge < -0.3 is 20.9 Å². The highest BCUT2D eigenvalue weighted by Crippen LogP contribution is 2.23. The molecule has 1 aromatic carbocycles. The van der Waals surface area contributed by atoms with Gasteiger partial charge in [0.2, 0.25) is 5.91 Å². The second-order valence-electron chi connectivity index (χ2n) is 4.83. The third-order valence-electron chi connectivity index (χ3n) is 2.88. The van der Waals surface area contributed by atoms with Gasteiger partial charge in [-0.15, -0.1) is 0 Å². The first-order chi connectivity index (χ1) is 9.56. The molecule has 0 aliphatic carbocycles. The van der Waals surface area contributed by atoms with Crippen LogP contribution < -0.4 is 15.8 Å². The van der Waals surface area contributed by atoms with Crippen molar-refractivity contribution in [2.75, 3.05) is 11.9 Å². The Hall–Kier alpha value is -1.59. The monoisotopic (exact) mass is 280 g/mol. The summed E-state index contributed by atoms with van der Waals surface area (Å²) < 4.78 is 5.39. The first-order valence-electron chi connectivity index (χ1n) is 6.98. The molecule has 0 saturated heterocycles. The highest BCUT2D eigenvalue weighted by atomic mass is 16.5. The molecular weight excluding hydrogens is 256 g/mol. The lowest BCUT2D eigenvalue weighted by molar-refractivity contribution is -0.116. The van der Waals surface area contributed by atoms with Crippen LogP contribution in [0.25, 0.3) is 0 Å². The van der Waals surface area contributed by atoms with Gasteiger partial charge in [-0.1, -0.05) is 0 Å². The summed E-state index contributed by atoms with van der Waals surface area (Å²) in [6, 6.07) is 5.38. The molecule has 1 unspecified atom stereocenters. The van der Waals surface area contributed by atoms with E-state index in [1.54, 1.807) is 18.2 Å². The van der Waals surface area contributed by atoms with Crippen LogP contribution in [0.5, 0.6) is 5.75 Å². The van der Waals surface area contributed by atoms with Gasteiger partial charge in [0.25, 0.3) is 0 Å². The Kier molecular flexibility index (Phi) is 7.04. The van der Waals surface area contributed by atoms with Gasteiger partial charge in [0, 0.05) is 23.7 Å². The molecule has 1 aromatic rings. The molecule has 0 fully saturated rings. The number of ether oxygens (including phenoxy) is 1. The van der Waals surface area contributed by atoms with Crippen LogP contribution in [0.15, 0.2) is 18.2 Å². The Morgan fingerprint density at radius 2 is 2.25 bits per heavy atom. The summed E-state index contributed by atoms with van der Waals surface area (Å²) in [5, 5.41) is 12.1. The molecule has 1 amide bonds. The van der Waals surface area contributed by atoms with Gasteiger partial charge in [-0.05, 0) is 44.9 Å². The fourth-order valence-corrected chi connectivity index (χ4v) is 1.89. The predicted octanol–water partition coefficient (Wildman–Crippen LogP) is 2.03. The minimum Gasteiger partial charge on any atom is -0.494 e. The number of anilines is 1. The van der Waals surface area contributed by atoms with Crippen molar-refractivity contribution in [1.29, 1.82) is 0 Å². The third-order valence-corrected chi connectivity index (χ3v) is 2.88. The number of aliphatic hydroxyl groups excluding tert-OH is 1. The maximum atomic E-state index is 11.8. The van der Waals surface area contributed by atoms with Crippen molar-refractivity contribution >= 4 is 11.6 Å². The fourth-order valence-electron chi connectivity index (χ4n) is 1.89. The summed E-state index contributed by atoms with van der Waals surface area (Å²) in [6.45, 7) is 4.23. The zero-order chi connectivity index (χ0) is 15.0. The van der Waals surface area contributed by atoms with E-state index in [9.17, 15) is 9.90 Å². The lowest BCUT2D eigenvalue weighted by Gasteiger charge is -2.11. The first-order valence-corrected chi connectivity index (χ1v) is 6.98. The fraction of sp³-hybridized carbons (Fsp3) is 0.533. The van der Waals surface area contributed by atoms with Crippen molar-refractivity contribution in [3.05, 3.63) is 23.8 Å². The van der Waals surface area contributed by atoms with Crippen LogP contribution in [-0.4, -0.2) is 23.7 Å². The van der Waals surface area contributed by atoms with Crippen molar-refractivity contribution < 1.29 is 14.6 Å². The largest absolute Gasteiger partial charge is 0.494 e. The van der Waals surface area contributed by atoms with Crippen LogP contribution in [0.2, 0.25) is 0 Å². The smallest absolute Gasteiger partial charge is 0.224 e. The Morgan fingerprint density at radius 3 is 2.85 bits per heavy atom. The number of hydrogen-bond donors (Lipinski definition) is 3. The molecule has 0 heterocycles. The molecule has 0 saturated carbocycles. The summed E-state index contributed by atoms with van der Waals surface area (Å²) in [5.74, 6) is 0.601. The Labute approximate surface area is 120 Å². The average molecular weight is 280 g/mol. The van der Waals surface area contributed by atoms with Crippen LogP contribution >= 0.6 is 0 Å². The highest BCUT2D eigenvalue weighted by molar-refractivity contribution is 5.90. The number of benzene rings is 1. The number of hydrogen-bond acceptors (Lipinski definition) is 4. The molecule has 112 valence electrons. The summed E-state index contributed by atoms with van der Waals surface area (Å²) in [5.41, 5.74) is 6.98. The van der Waals surface area contributed by atoms with Crippen LogP contribution in [0.4, 0.5) is 5.69 Å². The maximum Gasteiger partial charge on any atom is 0.224 e. The molecule has 0 radical (unpaired) electrons. The minimum atomic E-state index is -0.121. The first kappa shape index (κ1) is 16.5. The molecular formula is C15H24N2O3. The SMILES string of the molecule is CCOc1ccc(NC(=O)CCCC(C)N)cc1CO. The van der Waals surface area contributed by atoms with Gasteiger partial charge in [0.15, 0.2) is 0 Å². The molecule has 4 N–H and O–H groups in total. The van der Waals surface area contributed by atoms with Gasteiger partial charge in [-0.3, -0.25) is 4.79 Å². The molecule has 0 bridgehead atoms. The normalized spacial score (nSPS) is 12.0. The highest BCUT2D eigenvalue weighted by Gasteiger charge is 2.07. The number of nitrogens with one attached hydrogen (secondary N) is 1. The van der Waals surface area contributed by atoms with E-state index in [0.717, 1.165) is 12.8 Å². The molecule has 0 aliphatic heterocycles. The number of nitrogens with two attached hydrogens (primary N) is 1. The van der Waals surface area contributed by atoms with Crippen LogP contribution in [-0.2, 0) is 11.4 Å². The van der Waals surface area contributed by atoms with Crippen molar-refractivity contribution in [1.82, 2.24) is 0 Å². The van der Waals surface area contributed by atoms with Crippen LogP contribution in [0.3, 0.4) is 0 Å². The van der Waals surface area contributed by atoms with E-state index in [1.807, 2.05) is 13.8 Å². The average Bonchev–Trinajstić information content (AvgIpc) is 2.40. The van der Waals surface area contributed by atoms with Gasteiger partial charge >= 0.3 is 0 Å². The molecule has 1 atom stereocenters. The van der Waals surface area contributed by atoms with Crippen molar-refractivity contribution in [3.8, 4) is 5.75 Å². The zero-order valence-corrected chi connectivity index (χ0v) is 12.2. The maximum absolute atomic E-state index is 11.8. The molecule has 0 aliphatic rings. The van der Waals surface area contributed by atoms with Gasteiger partial charge in [0.1, 0.15) is 5.75 Å². The summed E-state index contributed by atoms with van der Waals surface area (Å²) in [4.78, 5) is 11.8. The predicted molar refractivity (Wildman–Crippen MR) is 79.7 cm³/mol. The third kappa shape index (κ3) is 5.59. The molecule has 0 aromatic heterocycles. The Morgan fingerprint density at radius 1 is 1.50 bits per heavy atom. The molecule has 0 spiro atoms. The standard InChI is InChI=1S/C15H24N2O3/c1-3-20-14-8-7-13(9-12(14)10-18)17-15(19)6-4-5-11(2)16/h7-9,11,18H,3-6,10,16H2,1-2H3,(H,17,19). The number of amides is 1. The second-order valence-corrected chi connectivity index (χ2v) is 4.83. The van der Waals surface area contributed by atoms with Crippen LogP contribution in [0.1, 0.15) is 38.7 Å². The molecule has 1 rings (SSSR count). The van der Waals surface area contributed by atoms with Crippen molar-refractivity contribution in [2.45, 2.75) is 45.8 Å². The topological polar surface area (TPSA) is 84.6 Å². The van der Waals surface area contributed by atoms with E-state index in [0.29, 0.717) is 30.0 Å². The number of carbonyl (C=O) groups excluding carboxylic acids is 1. The van der Waals surface area contributed by atoms with E-state index < -0.39 is 0 Å². The summed E-state index contributed by atoms with van der Waals surface area (Å²) in [6.07, 6.45) is 2.05. The summed E-state index contributed by atoms with van der Waals surface area (Å²) >= 11 is 0. The Bertz CT molecular complexity index is 433. The molecule has 20 heavy (non-hydrogen) atoms. The van der Waals surface area contributed by atoms with Crippen molar-refractivity contribution in [2.24, 2.45) is 5.73 Å². The lowest BCUT2D eigenvalue weighted by atomic mass is 10.1. The van der Waals surface area contributed by atoms with Gasteiger partial charge in [0.05, 0.1) is 13.2 Å². The quantitative estimate of drug-likeness (QED) is 0.680. The van der Waals surface area contributed by atoms with E-state index in [1.165, 1.54) is 0 Å². The van der Waals surface area contributed by atoms with E-state index in [-0.39, 0.29) is 18.6 Å². The summed E-state index contributed by atoms with van der Waals surface area (Å²) in [7, 11) is 0. The van der Waals surface area contributed by atoms with E-state index >= 15 is 0 Å². The van der Waals surface area contributed by atoms with Gasteiger partial charge in [-0.2, -0.15) is 0 Å². The second kappa shape index (κ2) is 8.55. The minimum absolute atomic E-state index is 0.0429. The van der Waals surface area contributed by atoms with E-state index in [2.05, 4.69) is 5.32 Å². The molecule has 5 heteroatoms. The van der Waals surface area contributed by atoms with E-state index in [4.69, 9.17) is 10.5 Å². The number of carbonyl (C=O) groups is 1. The molecule has 5 nitrogen and oxygen atoms in total.